The van der Waals surface area contributed by atoms with Crippen LogP contribution in [0.4, 0.5) is 11.4 Å². The number of carbonyl (C=O) groups excluding carboxylic acids is 1. The molecule has 0 aromatic heterocycles. The summed E-state index contributed by atoms with van der Waals surface area (Å²) in [6.45, 7) is 1.92. The first-order chi connectivity index (χ1) is 15.3. The van der Waals surface area contributed by atoms with Gasteiger partial charge in [0.05, 0.1) is 22.2 Å². The summed E-state index contributed by atoms with van der Waals surface area (Å²) in [4.78, 5) is 12.6. The van der Waals surface area contributed by atoms with Crippen molar-refractivity contribution in [1.82, 2.24) is 4.72 Å². The molecule has 3 rings (SSSR count). The number of nitrogens with one attached hydrogen (secondary N) is 3. The summed E-state index contributed by atoms with van der Waals surface area (Å²) < 4.78 is 26.4. The molecule has 3 N–H and O–H groups in total. The van der Waals surface area contributed by atoms with Gasteiger partial charge in [0.15, 0.2) is 0 Å². The highest BCUT2D eigenvalue weighted by Crippen LogP contribution is 2.29. The monoisotopic (exact) mass is 467 g/mol. The fourth-order valence-electron chi connectivity index (χ4n) is 2.98. The topological polar surface area (TPSA) is 87.3 Å². The van der Waals surface area contributed by atoms with E-state index in [9.17, 15) is 13.2 Å². The zero-order valence-corrected chi connectivity index (χ0v) is 18.9. The molecule has 0 spiro atoms. The standard InChI is InChI=1S/C24H22ClN3O3S/c1-3-15-26-32(30,31)21-12-9-19(10-13-21)24(29)28-20-11-14-23(22(25)16-20)27-17(2)18-7-5-4-6-8-18/h1,4-14,16-17,26-27H,15H2,2H3,(H,28,29). The number of halogens is 1. The van der Waals surface area contributed by atoms with Gasteiger partial charge < -0.3 is 10.6 Å². The third kappa shape index (κ3) is 5.89. The van der Waals surface area contributed by atoms with Gasteiger partial charge in [-0.3, -0.25) is 4.79 Å². The molecular formula is C24H22ClN3O3S. The lowest BCUT2D eigenvalue weighted by atomic mass is 10.1. The molecule has 0 aliphatic carbocycles. The first kappa shape index (κ1) is 23.4. The second-order valence-electron chi connectivity index (χ2n) is 6.98. The minimum Gasteiger partial charge on any atom is -0.377 e. The third-order valence-electron chi connectivity index (χ3n) is 4.69. The molecule has 8 heteroatoms. The van der Waals surface area contributed by atoms with Crippen LogP contribution in [0.2, 0.25) is 5.02 Å². The Kier molecular flexibility index (Phi) is 7.54. The molecular weight excluding hydrogens is 446 g/mol. The van der Waals surface area contributed by atoms with E-state index in [1.54, 1.807) is 18.2 Å². The predicted octanol–water partition coefficient (Wildman–Crippen LogP) is 4.68. The molecule has 0 aliphatic rings. The van der Waals surface area contributed by atoms with Crippen molar-refractivity contribution < 1.29 is 13.2 Å². The second kappa shape index (κ2) is 10.3. The van der Waals surface area contributed by atoms with Gasteiger partial charge in [0, 0.05) is 17.3 Å². The molecule has 0 heterocycles. The molecule has 164 valence electrons. The van der Waals surface area contributed by atoms with Crippen LogP contribution in [0, 0.1) is 12.3 Å². The van der Waals surface area contributed by atoms with E-state index < -0.39 is 10.0 Å². The Balaban J connectivity index is 1.66. The Labute approximate surface area is 193 Å². The smallest absolute Gasteiger partial charge is 0.255 e. The highest BCUT2D eigenvalue weighted by molar-refractivity contribution is 7.89. The summed E-state index contributed by atoms with van der Waals surface area (Å²) in [5.74, 6) is 1.82. The van der Waals surface area contributed by atoms with Crippen LogP contribution in [0.3, 0.4) is 0 Å². The zero-order valence-electron chi connectivity index (χ0n) is 17.3. The minimum atomic E-state index is -3.71. The first-order valence-electron chi connectivity index (χ1n) is 9.76. The van der Waals surface area contributed by atoms with Gasteiger partial charge in [-0.05, 0) is 55.0 Å². The van der Waals surface area contributed by atoms with E-state index in [1.807, 2.05) is 37.3 Å². The number of carbonyl (C=O) groups is 1. The van der Waals surface area contributed by atoms with E-state index in [2.05, 4.69) is 21.3 Å². The normalized spacial score (nSPS) is 11.9. The number of hydrogen-bond acceptors (Lipinski definition) is 4. The SMILES string of the molecule is C#CCNS(=O)(=O)c1ccc(C(=O)Nc2ccc(NC(C)c3ccccc3)c(Cl)c2)cc1. The van der Waals surface area contributed by atoms with E-state index in [4.69, 9.17) is 18.0 Å². The number of terminal acetylenes is 1. The van der Waals surface area contributed by atoms with Crippen LogP contribution in [0.25, 0.3) is 0 Å². The maximum Gasteiger partial charge on any atom is 0.255 e. The van der Waals surface area contributed by atoms with Crippen LogP contribution >= 0.6 is 11.6 Å². The van der Waals surface area contributed by atoms with Gasteiger partial charge in [0.2, 0.25) is 10.0 Å². The lowest BCUT2D eigenvalue weighted by Gasteiger charge is -2.17. The molecule has 1 unspecified atom stereocenters. The molecule has 0 aliphatic heterocycles. The predicted molar refractivity (Wildman–Crippen MR) is 128 cm³/mol. The summed E-state index contributed by atoms with van der Waals surface area (Å²) in [5.41, 5.74) is 2.69. The Morgan fingerprint density at radius 1 is 1.06 bits per heavy atom. The van der Waals surface area contributed by atoms with Crippen LogP contribution in [0.15, 0.2) is 77.7 Å². The van der Waals surface area contributed by atoms with Gasteiger partial charge >= 0.3 is 0 Å². The number of benzene rings is 3. The van der Waals surface area contributed by atoms with Crippen molar-refractivity contribution in [2.75, 3.05) is 17.2 Å². The highest BCUT2D eigenvalue weighted by Gasteiger charge is 2.15. The van der Waals surface area contributed by atoms with E-state index in [0.29, 0.717) is 16.3 Å². The number of amides is 1. The third-order valence-corrected chi connectivity index (χ3v) is 6.42. The van der Waals surface area contributed by atoms with Crippen LogP contribution in [0.5, 0.6) is 0 Å². The molecule has 3 aromatic carbocycles. The van der Waals surface area contributed by atoms with Crippen molar-refractivity contribution >= 4 is 38.9 Å². The molecule has 1 amide bonds. The summed E-state index contributed by atoms with van der Waals surface area (Å²) >= 11 is 6.40. The molecule has 0 saturated heterocycles. The molecule has 3 aromatic rings. The maximum atomic E-state index is 12.5. The molecule has 1 atom stereocenters. The van der Waals surface area contributed by atoms with E-state index in [0.717, 1.165) is 11.3 Å². The van der Waals surface area contributed by atoms with Crippen LogP contribution in [-0.2, 0) is 10.0 Å². The second-order valence-corrected chi connectivity index (χ2v) is 9.15. The van der Waals surface area contributed by atoms with Crippen LogP contribution in [-0.4, -0.2) is 20.9 Å². The quantitative estimate of drug-likeness (QED) is 0.420. The molecule has 0 bridgehead atoms. The van der Waals surface area contributed by atoms with Crippen molar-refractivity contribution in [2.24, 2.45) is 0 Å². The molecule has 32 heavy (non-hydrogen) atoms. The lowest BCUT2D eigenvalue weighted by Crippen LogP contribution is -2.24. The van der Waals surface area contributed by atoms with Gasteiger partial charge in [-0.15, -0.1) is 6.42 Å². The average molecular weight is 468 g/mol. The van der Waals surface area contributed by atoms with Gasteiger partial charge in [-0.25, -0.2) is 8.42 Å². The van der Waals surface area contributed by atoms with E-state index in [1.165, 1.54) is 24.3 Å². The van der Waals surface area contributed by atoms with Crippen molar-refractivity contribution in [3.8, 4) is 12.3 Å². The molecule has 0 saturated carbocycles. The van der Waals surface area contributed by atoms with Crippen molar-refractivity contribution in [2.45, 2.75) is 17.9 Å². The fraction of sp³-hybridized carbons (Fsp3) is 0.125. The van der Waals surface area contributed by atoms with Gasteiger partial charge in [0.1, 0.15) is 0 Å². The van der Waals surface area contributed by atoms with E-state index in [-0.39, 0.29) is 23.4 Å². The largest absolute Gasteiger partial charge is 0.377 e. The summed E-state index contributed by atoms with van der Waals surface area (Å²) in [6, 6.07) is 20.8. The Morgan fingerprint density at radius 3 is 2.38 bits per heavy atom. The van der Waals surface area contributed by atoms with Gasteiger partial charge in [-0.2, -0.15) is 4.72 Å². The highest BCUT2D eigenvalue weighted by atomic mass is 35.5. The molecule has 6 nitrogen and oxygen atoms in total. The first-order valence-corrected chi connectivity index (χ1v) is 11.6. The maximum absolute atomic E-state index is 12.5. The van der Waals surface area contributed by atoms with Gasteiger partial charge in [0.25, 0.3) is 5.91 Å². The molecule has 0 radical (unpaired) electrons. The lowest BCUT2D eigenvalue weighted by molar-refractivity contribution is 0.102. The zero-order chi connectivity index (χ0) is 23.1. The van der Waals surface area contributed by atoms with Crippen molar-refractivity contribution in [3.63, 3.8) is 0 Å². The minimum absolute atomic E-state index is 0.0234. The summed E-state index contributed by atoms with van der Waals surface area (Å²) in [7, 11) is -3.71. The Bertz CT molecular complexity index is 1240. The number of anilines is 2. The van der Waals surface area contributed by atoms with E-state index >= 15 is 0 Å². The van der Waals surface area contributed by atoms with Crippen LogP contribution in [0.1, 0.15) is 28.9 Å². The van der Waals surface area contributed by atoms with Gasteiger partial charge in [-0.1, -0.05) is 47.9 Å². The number of hydrogen-bond donors (Lipinski definition) is 3. The molecule has 0 fully saturated rings. The average Bonchev–Trinajstić information content (AvgIpc) is 2.80. The summed E-state index contributed by atoms with van der Waals surface area (Å²) in [5, 5.41) is 6.58. The van der Waals surface area contributed by atoms with Crippen molar-refractivity contribution in [1.29, 1.82) is 0 Å². The summed E-state index contributed by atoms with van der Waals surface area (Å²) in [6.07, 6.45) is 5.08. The number of rotatable bonds is 8. The fourth-order valence-corrected chi connectivity index (χ4v) is 4.15. The Morgan fingerprint density at radius 2 is 1.75 bits per heavy atom. The van der Waals surface area contributed by atoms with Crippen molar-refractivity contribution in [3.05, 3.63) is 88.9 Å². The van der Waals surface area contributed by atoms with Crippen LogP contribution < -0.4 is 15.4 Å². The Hall–Kier alpha value is -3.31. The number of sulfonamides is 1.